The smallest absolute Gasteiger partial charge is 0.412 e. The third-order valence-corrected chi connectivity index (χ3v) is 2.59. The van der Waals surface area contributed by atoms with Crippen LogP contribution in [0.4, 0.5) is 10.5 Å². The summed E-state index contributed by atoms with van der Waals surface area (Å²) in [6, 6.07) is 6.51. The highest BCUT2D eigenvalue weighted by atomic mass is 16.6. The Morgan fingerprint density at radius 1 is 1.18 bits per heavy atom. The highest BCUT2D eigenvalue weighted by molar-refractivity contribution is 5.95. The van der Waals surface area contributed by atoms with Gasteiger partial charge in [0.15, 0.2) is 0 Å². The Kier molecular flexibility index (Phi) is 6.37. The number of hydrogen-bond donors (Lipinski definition) is 2. The number of benzene rings is 1. The normalized spacial score (nSPS) is 12.4. The molecule has 0 saturated carbocycles. The maximum absolute atomic E-state index is 12.0. The van der Waals surface area contributed by atoms with Gasteiger partial charge in [-0.15, -0.1) is 0 Å². The Morgan fingerprint density at radius 2 is 1.77 bits per heavy atom. The van der Waals surface area contributed by atoms with Crippen LogP contribution in [0.3, 0.4) is 0 Å². The molecule has 22 heavy (non-hydrogen) atoms. The summed E-state index contributed by atoms with van der Waals surface area (Å²) in [6.45, 7) is 7.69. The lowest BCUT2D eigenvalue weighted by molar-refractivity contribution is 0.0635. The Morgan fingerprint density at radius 3 is 2.27 bits per heavy atom. The second-order valence-electron chi connectivity index (χ2n) is 6.03. The molecule has 122 valence electrons. The Hall–Kier alpha value is -2.08. The number of ether oxygens (including phenoxy) is 2. The Balaban J connectivity index is 2.59. The van der Waals surface area contributed by atoms with Gasteiger partial charge in [0.2, 0.25) is 0 Å². The molecule has 2 amide bonds. The number of carbonyl (C=O) groups excluding carboxylic acids is 2. The lowest BCUT2D eigenvalue weighted by atomic mass is 10.2. The molecular weight excluding hydrogens is 284 g/mol. The number of carbonyl (C=O) groups is 2. The van der Waals surface area contributed by atoms with Crippen molar-refractivity contribution >= 4 is 17.7 Å². The standard InChI is InChI=1S/C16H24N2O4/c1-11(10-21-5)17-14(19)12-6-8-13(9-7-12)18-15(20)22-16(2,3)4/h6-9,11H,10H2,1-5H3,(H,17,19)(H,18,20)/t11-/m1/s1. The SMILES string of the molecule is COC[C@@H](C)NC(=O)c1ccc(NC(=O)OC(C)(C)C)cc1. The first kappa shape index (κ1) is 18.0. The van der Waals surface area contributed by atoms with Gasteiger partial charge >= 0.3 is 6.09 Å². The van der Waals surface area contributed by atoms with Crippen molar-refractivity contribution in [2.45, 2.75) is 39.3 Å². The van der Waals surface area contributed by atoms with Crippen LogP contribution >= 0.6 is 0 Å². The minimum absolute atomic E-state index is 0.0722. The fourth-order valence-corrected chi connectivity index (χ4v) is 1.73. The van der Waals surface area contributed by atoms with E-state index in [1.165, 1.54) is 0 Å². The molecule has 0 aliphatic rings. The van der Waals surface area contributed by atoms with E-state index in [0.29, 0.717) is 17.9 Å². The predicted octanol–water partition coefficient (Wildman–Crippen LogP) is 2.80. The molecule has 0 bridgehead atoms. The van der Waals surface area contributed by atoms with Gasteiger partial charge in [-0.2, -0.15) is 0 Å². The van der Waals surface area contributed by atoms with Gasteiger partial charge in [0.05, 0.1) is 6.61 Å². The maximum atomic E-state index is 12.0. The molecule has 1 aromatic rings. The summed E-state index contributed by atoms with van der Waals surface area (Å²) in [5.41, 5.74) is 0.523. The average molecular weight is 308 g/mol. The van der Waals surface area contributed by atoms with Crippen molar-refractivity contribution in [3.63, 3.8) is 0 Å². The van der Waals surface area contributed by atoms with Crippen LogP contribution in [0.1, 0.15) is 38.1 Å². The van der Waals surface area contributed by atoms with Gasteiger partial charge in [-0.1, -0.05) is 0 Å². The van der Waals surface area contributed by atoms with Crippen molar-refractivity contribution in [2.75, 3.05) is 19.0 Å². The average Bonchev–Trinajstić information content (AvgIpc) is 2.37. The minimum Gasteiger partial charge on any atom is -0.444 e. The molecule has 6 heteroatoms. The van der Waals surface area contributed by atoms with Crippen LogP contribution in [0.2, 0.25) is 0 Å². The van der Waals surface area contributed by atoms with Crippen molar-refractivity contribution in [3.8, 4) is 0 Å². The van der Waals surface area contributed by atoms with E-state index in [4.69, 9.17) is 9.47 Å². The van der Waals surface area contributed by atoms with Crippen molar-refractivity contribution in [2.24, 2.45) is 0 Å². The van der Waals surface area contributed by atoms with Crippen LogP contribution in [0.25, 0.3) is 0 Å². The molecule has 0 saturated heterocycles. The van der Waals surface area contributed by atoms with Gasteiger partial charge < -0.3 is 14.8 Å². The van der Waals surface area contributed by atoms with Gasteiger partial charge in [-0.3, -0.25) is 10.1 Å². The zero-order valence-corrected chi connectivity index (χ0v) is 13.7. The molecule has 0 unspecified atom stereocenters. The summed E-state index contributed by atoms with van der Waals surface area (Å²) in [5.74, 6) is -0.187. The summed E-state index contributed by atoms with van der Waals surface area (Å²) in [4.78, 5) is 23.6. The van der Waals surface area contributed by atoms with E-state index in [2.05, 4.69) is 10.6 Å². The van der Waals surface area contributed by atoms with Crippen molar-refractivity contribution in [1.29, 1.82) is 0 Å². The highest BCUT2D eigenvalue weighted by Crippen LogP contribution is 2.13. The summed E-state index contributed by atoms with van der Waals surface area (Å²) in [5, 5.41) is 5.43. The van der Waals surface area contributed by atoms with Crippen molar-refractivity contribution in [1.82, 2.24) is 5.32 Å². The van der Waals surface area contributed by atoms with E-state index < -0.39 is 11.7 Å². The van der Waals surface area contributed by atoms with Gasteiger partial charge in [0.1, 0.15) is 5.60 Å². The Labute approximate surface area is 131 Å². The highest BCUT2D eigenvalue weighted by Gasteiger charge is 2.16. The summed E-state index contributed by atoms with van der Waals surface area (Å²) >= 11 is 0. The van der Waals surface area contributed by atoms with E-state index in [0.717, 1.165) is 0 Å². The molecule has 0 aliphatic heterocycles. The van der Waals surface area contributed by atoms with Crippen LogP contribution in [0.15, 0.2) is 24.3 Å². The van der Waals surface area contributed by atoms with Crippen LogP contribution in [-0.4, -0.2) is 37.4 Å². The summed E-state index contributed by atoms with van der Waals surface area (Å²) < 4.78 is 10.1. The van der Waals surface area contributed by atoms with Gasteiger partial charge in [-0.25, -0.2) is 4.79 Å². The molecule has 1 aromatic carbocycles. The first-order valence-electron chi connectivity index (χ1n) is 7.11. The number of hydrogen-bond acceptors (Lipinski definition) is 4. The zero-order valence-electron chi connectivity index (χ0n) is 13.7. The lowest BCUT2D eigenvalue weighted by Crippen LogP contribution is -2.35. The number of nitrogens with one attached hydrogen (secondary N) is 2. The Bertz CT molecular complexity index is 506. The molecule has 6 nitrogen and oxygen atoms in total. The van der Waals surface area contributed by atoms with E-state index in [-0.39, 0.29) is 11.9 Å². The molecule has 2 N–H and O–H groups in total. The van der Waals surface area contributed by atoms with Gasteiger partial charge in [0, 0.05) is 24.4 Å². The first-order chi connectivity index (χ1) is 10.2. The number of methoxy groups -OCH3 is 1. The summed E-state index contributed by atoms with van der Waals surface area (Å²) in [6.07, 6.45) is -0.529. The van der Waals surface area contributed by atoms with Gasteiger partial charge in [0.25, 0.3) is 5.91 Å². The molecule has 1 atom stereocenters. The first-order valence-corrected chi connectivity index (χ1v) is 7.11. The van der Waals surface area contributed by atoms with Crippen molar-refractivity contribution in [3.05, 3.63) is 29.8 Å². The van der Waals surface area contributed by atoms with Gasteiger partial charge in [-0.05, 0) is 52.0 Å². The minimum atomic E-state index is -0.554. The largest absolute Gasteiger partial charge is 0.444 e. The molecular formula is C16H24N2O4. The fourth-order valence-electron chi connectivity index (χ4n) is 1.73. The molecule has 0 fully saturated rings. The molecule has 0 radical (unpaired) electrons. The van der Waals surface area contributed by atoms with Crippen LogP contribution in [0, 0.1) is 0 Å². The second kappa shape index (κ2) is 7.79. The monoisotopic (exact) mass is 308 g/mol. The second-order valence-corrected chi connectivity index (χ2v) is 6.03. The topological polar surface area (TPSA) is 76.7 Å². The molecule has 0 spiro atoms. The maximum Gasteiger partial charge on any atom is 0.412 e. The van der Waals surface area contributed by atoms with Crippen LogP contribution in [0.5, 0.6) is 0 Å². The molecule has 1 rings (SSSR count). The third kappa shape index (κ3) is 6.58. The quantitative estimate of drug-likeness (QED) is 0.877. The van der Waals surface area contributed by atoms with Crippen molar-refractivity contribution < 1.29 is 19.1 Å². The van der Waals surface area contributed by atoms with Crippen LogP contribution in [-0.2, 0) is 9.47 Å². The molecule has 0 heterocycles. The van der Waals surface area contributed by atoms with E-state index in [1.807, 2.05) is 6.92 Å². The molecule has 0 aliphatic carbocycles. The molecule has 0 aromatic heterocycles. The fraction of sp³-hybridized carbons (Fsp3) is 0.500. The van der Waals surface area contributed by atoms with Crippen LogP contribution < -0.4 is 10.6 Å². The number of amides is 2. The van der Waals surface area contributed by atoms with E-state index in [9.17, 15) is 9.59 Å². The number of rotatable bonds is 5. The third-order valence-electron chi connectivity index (χ3n) is 2.59. The predicted molar refractivity (Wildman–Crippen MR) is 85.1 cm³/mol. The lowest BCUT2D eigenvalue weighted by Gasteiger charge is -2.19. The number of anilines is 1. The van der Waals surface area contributed by atoms with E-state index >= 15 is 0 Å². The zero-order chi connectivity index (χ0) is 16.8. The summed E-state index contributed by atoms with van der Waals surface area (Å²) in [7, 11) is 1.58. The van der Waals surface area contributed by atoms with E-state index in [1.54, 1.807) is 52.1 Å².